The number of nitrogens with zero attached hydrogens (tertiary/aromatic N) is 1. The first kappa shape index (κ1) is 15.5. The van der Waals surface area contributed by atoms with E-state index in [9.17, 15) is 4.79 Å². The number of benzene rings is 2. The van der Waals surface area contributed by atoms with Crippen molar-refractivity contribution in [2.75, 3.05) is 18.6 Å². The minimum absolute atomic E-state index is 0.0210. The summed E-state index contributed by atoms with van der Waals surface area (Å²) in [6, 6.07) is 13.8. The molecule has 122 valence electrons. The number of hydrogen-bond acceptors (Lipinski definition) is 3. The molecule has 0 bridgehead atoms. The molecule has 24 heavy (non-hydrogen) atoms. The molecule has 3 aromatic rings. The third-order valence-corrected chi connectivity index (χ3v) is 6.05. The summed E-state index contributed by atoms with van der Waals surface area (Å²) in [6.07, 6.45) is 1.98. The second-order valence-corrected chi connectivity index (χ2v) is 7.23. The number of amides is 1. The molecular formula is C19H16ClNO2S. The van der Waals surface area contributed by atoms with Crippen LogP contribution in [0.4, 0.5) is 5.69 Å². The highest BCUT2D eigenvalue weighted by Crippen LogP contribution is 2.39. The Hall–Kier alpha value is -2.04. The van der Waals surface area contributed by atoms with E-state index >= 15 is 0 Å². The minimum atomic E-state index is -0.0210. The predicted octanol–water partition coefficient (Wildman–Crippen LogP) is 5.16. The van der Waals surface area contributed by atoms with Gasteiger partial charge in [-0.25, -0.2) is 0 Å². The number of fused-ring (bicyclic) bond motifs is 2. The van der Waals surface area contributed by atoms with Gasteiger partial charge in [-0.05, 0) is 42.7 Å². The van der Waals surface area contributed by atoms with E-state index in [1.807, 2.05) is 41.3 Å². The van der Waals surface area contributed by atoms with E-state index < -0.39 is 0 Å². The average Bonchev–Trinajstić information content (AvgIpc) is 2.96. The number of halogens is 1. The summed E-state index contributed by atoms with van der Waals surface area (Å²) in [5.41, 5.74) is 2.22. The highest BCUT2D eigenvalue weighted by atomic mass is 35.5. The summed E-state index contributed by atoms with van der Waals surface area (Å²) in [5, 5.41) is 1.39. The van der Waals surface area contributed by atoms with E-state index in [1.54, 1.807) is 7.11 Å². The quantitative estimate of drug-likeness (QED) is 0.634. The fourth-order valence-corrected chi connectivity index (χ4v) is 4.61. The van der Waals surface area contributed by atoms with Crippen LogP contribution < -0.4 is 9.64 Å². The molecule has 0 atom stereocenters. The zero-order chi connectivity index (χ0) is 16.7. The van der Waals surface area contributed by atoms with Crippen LogP contribution in [-0.2, 0) is 6.42 Å². The molecule has 0 N–H and O–H groups in total. The van der Waals surface area contributed by atoms with Gasteiger partial charge in [0.2, 0.25) is 0 Å². The second-order valence-electron chi connectivity index (χ2n) is 5.80. The van der Waals surface area contributed by atoms with Gasteiger partial charge in [-0.15, -0.1) is 11.3 Å². The SMILES string of the molecule is COc1ccc2sc(C(=O)N3CCCc4ccccc43)c(Cl)c2c1. The summed E-state index contributed by atoms with van der Waals surface area (Å²) in [4.78, 5) is 15.6. The second kappa shape index (κ2) is 6.11. The maximum Gasteiger partial charge on any atom is 0.269 e. The molecule has 2 heterocycles. The van der Waals surface area contributed by atoms with Crippen molar-refractivity contribution in [1.29, 1.82) is 0 Å². The van der Waals surface area contributed by atoms with Crippen molar-refractivity contribution >= 4 is 44.6 Å². The van der Waals surface area contributed by atoms with Gasteiger partial charge in [0.1, 0.15) is 10.6 Å². The van der Waals surface area contributed by atoms with Crippen LogP contribution in [0.5, 0.6) is 5.75 Å². The number of rotatable bonds is 2. The van der Waals surface area contributed by atoms with E-state index in [2.05, 4.69) is 6.07 Å². The molecular weight excluding hydrogens is 342 g/mol. The lowest BCUT2D eigenvalue weighted by molar-refractivity contribution is 0.0989. The number of carbonyl (C=O) groups excluding carboxylic acids is 1. The highest BCUT2D eigenvalue weighted by molar-refractivity contribution is 7.21. The van der Waals surface area contributed by atoms with Crippen LogP contribution >= 0.6 is 22.9 Å². The van der Waals surface area contributed by atoms with Crippen molar-refractivity contribution in [2.24, 2.45) is 0 Å². The van der Waals surface area contributed by atoms with E-state index in [0.717, 1.165) is 40.9 Å². The molecule has 4 rings (SSSR count). The molecule has 1 aliphatic rings. The van der Waals surface area contributed by atoms with E-state index in [0.29, 0.717) is 9.90 Å². The Kier molecular flexibility index (Phi) is 3.94. The number of anilines is 1. The molecule has 0 aliphatic carbocycles. The van der Waals surface area contributed by atoms with Crippen LogP contribution in [0.15, 0.2) is 42.5 Å². The Labute approximate surface area is 149 Å². The van der Waals surface area contributed by atoms with Crippen molar-refractivity contribution in [3.05, 3.63) is 57.9 Å². The van der Waals surface area contributed by atoms with E-state index in [1.165, 1.54) is 16.9 Å². The van der Waals surface area contributed by atoms with Crippen molar-refractivity contribution in [2.45, 2.75) is 12.8 Å². The zero-order valence-electron chi connectivity index (χ0n) is 13.2. The topological polar surface area (TPSA) is 29.5 Å². The first-order valence-electron chi connectivity index (χ1n) is 7.85. The Morgan fingerprint density at radius 1 is 1.25 bits per heavy atom. The highest BCUT2D eigenvalue weighted by Gasteiger charge is 2.27. The fourth-order valence-electron chi connectivity index (χ4n) is 3.18. The van der Waals surface area contributed by atoms with Crippen molar-refractivity contribution in [3.8, 4) is 5.75 Å². The first-order chi connectivity index (χ1) is 11.7. The molecule has 0 fully saturated rings. The number of aryl methyl sites for hydroxylation is 1. The van der Waals surface area contributed by atoms with Crippen LogP contribution in [0.2, 0.25) is 5.02 Å². The van der Waals surface area contributed by atoms with Crippen LogP contribution in [0.3, 0.4) is 0 Å². The van der Waals surface area contributed by atoms with Crippen LogP contribution in [0, 0.1) is 0 Å². The smallest absolute Gasteiger partial charge is 0.269 e. The molecule has 0 saturated heterocycles. The van der Waals surface area contributed by atoms with Crippen LogP contribution in [0.1, 0.15) is 21.7 Å². The molecule has 1 amide bonds. The summed E-state index contributed by atoms with van der Waals surface area (Å²) in [7, 11) is 1.62. The van der Waals surface area contributed by atoms with E-state index in [4.69, 9.17) is 16.3 Å². The summed E-state index contributed by atoms with van der Waals surface area (Å²) in [5.74, 6) is 0.719. The zero-order valence-corrected chi connectivity index (χ0v) is 14.8. The van der Waals surface area contributed by atoms with Crippen molar-refractivity contribution < 1.29 is 9.53 Å². The Morgan fingerprint density at radius 3 is 2.92 bits per heavy atom. The lowest BCUT2D eigenvalue weighted by Crippen LogP contribution is -2.35. The maximum absolute atomic E-state index is 13.1. The molecule has 1 aromatic heterocycles. The number of para-hydroxylation sites is 1. The molecule has 3 nitrogen and oxygen atoms in total. The fraction of sp³-hybridized carbons (Fsp3) is 0.211. The van der Waals surface area contributed by atoms with E-state index in [-0.39, 0.29) is 5.91 Å². The van der Waals surface area contributed by atoms with Gasteiger partial charge < -0.3 is 9.64 Å². The lowest BCUT2D eigenvalue weighted by atomic mass is 10.0. The van der Waals surface area contributed by atoms with Gasteiger partial charge in [0.05, 0.1) is 12.1 Å². The van der Waals surface area contributed by atoms with Crippen molar-refractivity contribution in [1.82, 2.24) is 0 Å². The lowest BCUT2D eigenvalue weighted by Gasteiger charge is -2.29. The Balaban J connectivity index is 1.78. The van der Waals surface area contributed by atoms with Gasteiger partial charge in [-0.3, -0.25) is 4.79 Å². The van der Waals surface area contributed by atoms with Gasteiger partial charge in [-0.1, -0.05) is 29.8 Å². The van der Waals surface area contributed by atoms with Crippen molar-refractivity contribution in [3.63, 3.8) is 0 Å². The molecule has 1 aliphatic heterocycles. The molecule has 0 spiro atoms. The maximum atomic E-state index is 13.1. The number of hydrogen-bond donors (Lipinski definition) is 0. The molecule has 0 radical (unpaired) electrons. The number of ether oxygens (including phenoxy) is 1. The minimum Gasteiger partial charge on any atom is -0.497 e. The largest absolute Gasteiger partial charge is 0.497 e. The summed E-state index contributed by atoms with van der Waals surface area (Å²) in [6.45, 7) is 0.726. The molecule has 0 saturated carbocycles. The van der Waals surface area contributed by atoms with Gasteiger partial charge in [0.25, 0.3) is 5.91 Å². The molecule has 2 aromatic carbocycles. The summed E-state index contributed by atoms with van der Waals surface area (Å²) >= 11 is 7.98. The predicted molar refractivity (Wildman–Crippen MR) is 99.8 cm³/mol. The third kappa shape index (κ3) is 2.46. The summed E-state index contributed by atoms with van der Waals surface area (Å²) < 4.78 is 6.26. The molecule has 0 unspecified atom stereocenters. The number of thiophene rings is 1. The Morgan fingerprint density at radius 2 is 2.08 bits per heavy atom. The monoisotopic (exact) mass is 357 g/mol. The van der Waals surface area contributed by atoms with Crippen LogP contribution in [0.25, 0.3) is 10.1 Å². The standard InChI is InChI=1S/C19H16ClNO2S/c1-23-13-8-9-16-14(11-13)17(20)18(24-16)19(22)21-10-4-6-12-5-2-3-7-15(12)21/h2-3,5,7-9,11H,4,6,10H2,1H3. The third-order valence-electron chi connectivity index (χ3n) is 4.38. The van der Waals surface area contributed by atoms with Gasteiger partial charge in [-0.2, -0.15) is 0 Å². The van der Waals surface area contributed by atoms with Gasteiger partial charge in [0, 0.05) is 22.3 Å². The average molecular weight is 358 g/mol. The van der Waals surface area contributed by atoms with Gasteiger partial charge in [0.15, 0.2) is 0 Å². The molecule has 5 heteroatoms. The van der Waals surface area contributed by atoms with Gasteiger partial charge >= 0.3 is 0 Å². The number of carbonyl (C=O) groups is 1. The Bertz CT molecular complexity index is 934. The first-order valence-corrected chi connectivity index (χ1v) is 9.04. The number of methoxy groups -OCH3 is 1. The van der Waals surface area contributed by atoms with Crippen LogP contribution in [-0.4, -0.2) is 19.6 Å². The normalized spacial score (nSPS) is 13.8.